The average molecular weight is 553 g/mol. The third kappa shape index (κ3) is 6.02. The summed E-state index contributed by atoms with van der Waals surface area (Å²) in [5.74, 6) is 1.16. The Morgan fingerprint density at radius 2 is 1.95 bits per heavy atom. The average Bonchev–Trinajstić information content (AvgIpc) is 3.33. The molecule has 0 bridgehead atoms. The summed E-state index contributed by atoms with van der Waals surface area (Å²) >= 11 is 6.04. The van der Waals surface area contributed by atoms with E-state index in [1.54, 1.807) is 12.1 Å². The smallest absolute Gasteiger partial charge is 0.243 e. The van der Waals surface area contributed by atoms with Crippen LogP contribution in [-0.4, -0.2) is 74.6 Å². The number of benzene rings is 2. The molecule has 3 aliphatic rings. The molecule has 200 valence electrons. The summed E-state index contributed by atoms with van der Waals surface area (Å²) in [4.78, 5) is 12.7. The molecule has 5 rings (SSSR count). The van der Waals surface area contributed by atoms with Crippen molar-refractivity contribution in [2.45, 2.75) is 55.1 Å². The Morgan fingerprint density at radius 3 is 2.78 bits per heavy atom. The van der Waals surface area contributed by atoms with E-state index in [0.29, 0.717) is 35.9 Å². The highest BCUT2D eigenvalue weighted by Gasteiger charge is 2.43. The number of carbonyl (C=O) groups is 1. The van der Waals surface area contributed by atoms with Gasteiger partial charge < -0.3 is 29.4 Å². The molecule has 0 aliphatic carbocycles. The number of carbonyl (C=O) groups excluding carboxylic acids is 1. The first-order valence-corrected chi connectivity index (χ1v) is 14.0. The van der Waals surface area contributed by atoms with Crippen molar-refractivity contribution in [3.05, 3.63) is 53.1 Å². The number of aliphatic hydroxyl groups excluding tert-OH is 1. The second kappa shape index (κ2) is 11.1. The first-order valence-electron chi connectivity index (χ1n) is 12.1. The van der Waals surface area contributed by atoms with E-state index in [-0.39, 0.29) is 49.9 Å². The van der Waals surface area contributed by atoms with Gasteiger partial charge in [-0.1, -0.05) is 23.7 Å². The van der Waals surface area contributed by atoms with Crippen LogP contribution in [0.3, 0.4) is 0 Å². The second-order valence-corrected chi connectivity index (χ2v) is 11.7. The van der Waals surface area contributed by atoms with Crippen LogP contribution in [0.15, 0.2) is 47.4 Å². The lowest BCUT2D eigenvalue weighted by molar-refractivity contribution is -0.146. The molecule has 0 unspecified atom stereocenters. The lowest BCUT2D eigenvalue weighted by Crippen LogP contribution is -2.57. The lowest BCUT2D eigenvalue weighted by atomic mass is 9.96. The second-order valence-electron chi connectivity index (χ2n) is 9.33. The minimum Gasteiger partial charge on any atom is -0.454 e. The zero-order chi connectivity index (χ0) is 26.0. The van der Waals surface area contributed by atoms with Gasteiger partial charge in [-0.05, 0) is 48.7 Å². The predicted octanol–water partition coefficient (Wildman–Crippen LogP) is 2.07. The summed E-state index contributed by atoms with van der Waals surface area (Å²) in [5.41, 5.74) is 0.885. The highest BCUT2D eigenvalue weighted by atomic mass is 35.5. The van der Waals surface area contributed by atoms with Gasteiger partial charge in [0.05, 0.1) is 48.9 Å². The van der Waals surface area contributed by atoms with Gasteiger partial charge >= 0.3 is 0 Å². The summed E-state index contributed by atoms with van der Waals surface area (Å²) in [7, 11) is -3.96. The molecule has 3 heterocycles. The maximum absolute atomic E-state index is 13.5. The van der Waals surface area contributed by atoms with Crippen LogP contribution < -0.4 is 14.8 Å². The molecular weight excluding hydrogens is 524 g/mol. The van der Waals surface area contributed by atoms with E-state index >= 15 is 0 Å². The number of fused-ring (bicyclic) bond motifs is 2. The van der Waals surface area contributed by atoms with E-state index in [1.165, 1.54) is 16.4 Å². The van der Waals surface area contributed by atoms with Crippen molar-refractivity contribution in [2.75, 3.05) is 26.6 Å². The van der Waals surface area contributed by atoms with E-state index < -0.39 is 28.3 Å². The van der Waals surface area contributed by atoms with Crippen LogP contribution in [0.2, 0.25) is 5.02 Å². The largest absolute Gasteiger partial charge is 0.454 e. The maximum Gasteiger partial charge on any atom is 0.243 e. The topological polar surface area (TPSA) is 124 Å². The fraction of sp³-hybridized carbons (Fsp3) is 0.480. The summed E-state index contributed by atoms with van der Waals surface area (Å²) in [5, 5.41) is 13.6. The Kier molecular flexibility index (Phi) is 7.89. The van der Waals surface area contributed by atoms with E-state index in [1.807, 2.05) is 18.2 Å². The number of ether oxygens (including phenoxy) is 4. The molecule has 37 heavy (non-hydrogen) atoms. The Hall–Kier alpha value is -2.41. The number of hydrogen-bond acceptors (Lipinski definition) is 8. The molecule has 12 heteroatoms. The van der Waals surface area contributed by atoms with Crippen molar-refractivity contribution < 1.29 is 37.3 Å². The van der Waals surface area contributed by atoms with Crippen molar-refractivity contribution in [3.63, 3.8) is 0 Å². The zero-order valence-corrected chi connectivity index (χ0v) is 21.6. The predicted molar refractivity (Wildman–Crippen MR) is 133 cm³/mol. The highest BCUT2D eigenvalue weighted by Crippen LogP contribution is 2.33. The number of hydrogen-bond donors (Lipinski definition) is 2. The van der Waals surface area contributed by atoms with Crippen LogP contribution in [0, 0.1) is 0 Å². The lowest BCUT2D eigenvalue weighted by Gasteiger charge is -2.43. The molecule has 2 saturated heterocycles. The summed E-state index contributed by atoms with van der Waals surface area (Å²) in [6, 6.07) is 11.0. The van der Waals surface area contributed by atoms with Crippen LogP contribution in [0.1, 0.15) is 24.8 Å². The van der Waals surface area contributed by atoms with Crippen molar-refractivity contribution in [1.82, 2.24) is 9.62 Å². The standard InChI is InChI=1S/C25H29ClN2O8S/c26-17-2-1-3-20(9-17)37(31,32)28-12-18(29)13-33-14-24-21(28)6-5-19(36-24)10-25(30)27-11-16-4-7-22-23(8-16)35-15-34-22/h1-4,7-9,18-19,21,24,29H,5-6,10-15H2,(H,27,30)/t18-,19+,21+,24-/m0/s1. The first kappa shape index (κ1) is 26.2. The molecule has 2 N–H and O–H groups in total. The number of nitrogens with one attached hydrogen (secondary N) is 1. The monoisotopic (exact) mass is 552 g/mol. The van der Waals surface area contributed by atoms with Crippen molar-refractivity contribution in [2.24, 2.45) is 0 Å². The highest BCUT2D eigenvalue weighted by molar-refractivity contribution is 7.89. The van der Waals surface area contributed by atoms with Gasteiger partial charge in [0, 0.05) is 18.1 Å². The molecule has 3 aliphatic heterocycles. The fourth-order valence-corrected chi connectivity index (χ4v) is 6.88. The van der Waals surface area contributed by atoms with Gasteiger partial charge in [0.25, 0.3) is 0 Å². The van der Waals surface area contributed by atoms with Gasteiger partial charge in [0.2, 0.25) is 22.7 Å². The molecule has 0 aromatic heterocycles. The van der Waals surface area contributed by atoms with E-state index in [9.17, 15) is 18.3 Å². The van der Waals surface area contributed by atoms with E-state index in [0.717, 1.165) is 5.56 Å². The molecule has 0 saturated carbocycles. The molecule has 10 nitrogen and oxygen atoms in total. The van der Waals surface area contributed by atoms with Gasteiger partial charge in [-0.25, -0.2) is 8.42 Å². The van der Waals surface area contributed by atoms with Gasteiger partial charge in [-0.3, -0.25) is 4.79 Å². The number of rotatable bonds is 6. The summed E-state index contributed by atoms with van der Waals surface area (Å²) < 4.78 is 50.8. The Balaban J connectivity index is 1.23. The van der Waals surface area contributed by atoms with Gasteiger partial charge in [0.15, 0.2) is 11.5 Å². The SMILES string of the molecule is O=C(C[C@H]1CC[C@@H]2[C@H](COC[C@@H](O)CN2S(=O)(=O)c2cccc(Cl)c2)O1)NCc1ccc2c(c1)OCO2. The van der Waals surface area contributed by atoms with Gasteiger partial charge in [-0.2, -0.15) is 4.31 Å². The van der Waals surface area contributed by atoms with Crippen LogP contribution in [0.5, 0.6) is 11.5 Å². The van der Waals surface area contributed by atoms with Crippen molar-refractivity contribution in [3.8, 4) is 11.5 Å². The van der Waals surface area contributed by atoms with Crippen LogP contribution >= 0.6 is 11.6 Å². The van der Waals surface area contributed by atoms with Crippen LogP contribution in [0.4, 0.5) is 0 Å². The molecule has 1 amide bonds. The third-order valence-electron chi connectivity index (χ3n) is 6.68. The van der Waals surface area contributed by atoms with Gasteiger partial charge in [0.1, 0.15) is 0 Å². The fourth-order valence-electron chi connectivity index (χ4n) is 4.86. The molecule has 0 spiro atoms. The third-order valence-corrected chi connectivity index (χ3v) is 8.80. The first-order chi connectivity index (χ1) is 17.8. The molecule has 2 aromatic carbocycles. The van der Waals surface area contributed by atoms with Gasteiger partial charge in [-0.15, -0.1) is 0 Å². The molecule has 2 fully saturated rings. The number of amides is 1. The Morgan fingerprint density at radius 1 is 1.11 bits per heavy atom. The summed E-state index contributed by atoms with van der Waals surface area (Å²) in [6.45, 7) is 0.487. The van der Waals surface area contributed by atoms with E-state index in [4.69, 9.17) is 30.5 Å². The quantitative estimate of drug-likeness (QED) is 0.558. The zero-order valence-electron chi connectivity index (χ0n) is 20.0. The normalized spacial score (nSPS) is 26.1. The minimum atomic E-state index is -3.96. The number of sulfonamides is 1. The molecule has 0 radical (unpaired) electrons. The number of β-amino-alcohol motifs (C(OH)–C–C–N with tert-alkyl or cyclic N) is 1. The summed E-state index contributed by atoms with van der Waals surface area (Å²) in [6.07, 6.45) is -0.868. The maximum atomic E-state index is 13.5. The molecule has 4 atom stereocenters. The van der Waals surface area contributed by atoms with E-state index in [2.05, 4.69) is 5.32 Å². The minimum absolute atomic E-state index is 0.0190. The van der Waals surface area contributed by atoms with Crippen molar-refractivity contribution in [1.29, 1.82) is 0 Å². The van der Waals surface area contributed by atoms with Crippen molar-refractivity contribution >= 4 is 27.5 Å². The molecular formula is C25H29ClN2O8S. The van der Waals surface area contributed by atoms with Crippen LogP contribution in [-0.2, 0) is 30.8 Å². The number of halogens is 1. The Labute approximate surface area is 220 Å². The Bertz CT molecular complexity index is 1240. The molecule has 2 aromatic rings. The van der Waals surface area contributed by atoms with Crippen LogP contribution in [0.25, 0.3) is 0 Å². The number of aliphatic hydroxyl groups is 1. The number of nitrogens with zero attached hydrogens (tertiary/aromatic N) is 1.